The molecule has 2 N–H and O–H groups in total. The third kappa shape index (κ3) is 4.88. The van der Waals surface area contributed by atoms with Crippen LogP contribution >= 0.6 is 0 Å². The molecule has 1 aromatic heterocycles. The number of urea groups is 1. The molecular weight excluding hydrogens is 397 g/mol. The van der Waals surface area contributed by atoms with Gasteiger partial charge in [0.1, 0.15) is 0 Å². The van der Waals surface area contributed by atoms with Crippen LogP contribution < -0.4 is 15.4 Å². The van der Waals surface area contributed by atoms with Gasteiger partial charge in [-0.05, 0) is 54.1 Å². The molecule has 0 radical (unpaired) electrons. The number of sulfone groups is 1. The smallest absolute Gasteiger partial charge is 0.319 e. The van der Waals surface area contributed by atoms with E-state index in [1.807, 2.05) is 6.07 Å². The predicted molar refractivity (Wildman–Crippen MR) is 105 cm³/mol. The van der Waals surface area contributed by atoms with Crippen LogP contribution in [0.1, 0.15) is 5.56 Å². The van der Waals surface area contributed by atoms with E-state index in [2.05, 4.69) is 15.6 Å². The summed E-state index contributed by atoms with van der Waals surface area (Å²) in [5.41, 5.74) is 1.25. The van der Waals surface area contributed by atoms with Crippen LogP contribution in [0.4, 0.5) is 14.9 Å². The van der Waals surface area contributed by atoms with Crippen LogP contribution in [0, 0.1) is 5.82 Å². The van der Waals surface area contributed by atoms with E-state index >= 15 is 0 Å². The molecule has 0 aliphatic rings. The molecule has 0 aliphatic carbocycles. The molecule has 0 atom stereocenters. The Hall–Kier alpha value is -3.46. The van der Waals surface area contributed by atoms with Crippen LogP contribution in [-0.4, -0.2) is 26.5 Å². The minimum atomic E-state index is -3.91. The van der Waals surface area contributed by atoms with Gasteiger partial charge in [0, 0.05) is 24.6 Å². The zero-order valence-corrected chi connectivity index (χ0v) is 16.2. The highest BCUT2D eigenvalue weighted by atomic mass is 32.2. The highest BCUT2D eigenvalue weighted by molar-refractivity contribution is 7.91. The van der Waals surface area contributed by atoms with Gasteiger partial charge in [0.25, 0.3) is 0 Å². The molecule has 3 aromatic rings. The quantitative estimate of drug-likeness (QED) is 0.643. The molecule has 2 aromatic carbocycles. The van der Waals surface area contributed by atoms with Crippen molar-refractivity contribution in [2.45, 2.75) is 16.3 Å². The van der Waals surface area contributed by atoms with Crippen LogP contribution in [0.3, 0.4) is 0 Å². The molecule has 9 heteroatoms. The van der Waals surface area contributed by atoms with Gasteiger partial charge in [0.05, 0.1) is 16.9 Å². The number of rotatable bonds is 6. The molecule has 0 saturated carbocycles. The maximum absolute atomic E-state index is 13.9. The number of anilines is 1. The number of amides is 2. The third-order valence-corrected chi connectivity index (χ3v) is 5.80. The first-order valence-electron chi connectivity index (χ1n) is 8.52. The SMILES string of the molecule is COc1ccc(S(=O)(=O)c2ccc(NC(=O)NCc3cccnc3)cc2)cc1F. The van der Waals surface area contributed by atoms with Crippen LogP contribution in [0.5, 0.6) is 5.75 Å². The number of nitrogens with one attached hydrogen (secondary N) is 2. The molecule has 0 aliphatic heterocycles. The van der Waals surface area contributed by atoms with Crippen molar-refractivity contribution in [2.24, 2.45) is 0 Å². The summed E-state index contributed by atoms with van der Waals surface area (Å²) in [5, 5.41) is 5.29. The number of nitrogens with zero attached hydrogens (tertiary/aromatic N) is 1. The Balaban J connectivity index is 1.67. The fourth-order valence-electron chi connectivity index (χ4n) is 2.53. The second-order valence-electron chi connectivity index (χ2n) is 5.99. The van der Waals surface area contributed by atoms with Gasteiger partial charge in [-0.2, -0.15) is 0 Å². The molecule has 0 fully saturated rings. The van der Waals surface area contributed by atoms with Gasteiger partial charge in [-0.15, -0.1) is 0 Å². The lowest BCUT2D eigenvalue weighted by molar-refractivity contribution is 0.251. The van der Waals surface area contributed by atoms with Gasteiger partial charge in [-0.3, -0.25) is 4.98 Å². The third-order valence-electron chi connectivity index (χ3n) is 4.03. The molecule has 0 bridgehead atoms. The monoisotopic (exact) mass is 415 g/mol. The summed E-state index contributed by atoms with van der Waals surface area (Å²) in [6.07, 6.45) is 3.28. The first-order chi connectivity index (χ1) is 13.9. The lowest BCUT2D eigenvalue weighted by Gasteiger charge is -2.10. The van der Waals surface area contributed by atoms with E-state index in [0.29, 0.717) is 12.2 Å². The van der Waals surface area contributed by atoms with Crippen LogP contribution in [0.2, 0.25) is 0 Å². The van der Waals surface area contributed by atoms with Crippen molar-refractivity contribution in [1.82, 2.24) is 10.3 Å². The zero-order valence-electron chi connectivity index (χ0n) is 15.4. The van der Waals surface area contributed by atoms with Crippen molar-refractivity contribution >= 4 is 21.6 Å². The number of halogens is 1. The van der Waals surface area contributed by atoms with E-state index in [1.54, 1.807) is 18.5 Å². The summed E-state index contributed by atoms with van der Waals surface area (Å²) in [6.45, 7) is 0.301. The number of benzene rings is 2. The summed E-state index contributed by atoms with van der Waals surface area (Å²) >= 11 is 0. The number of methoxy groups -OCH3 is 1. The molecule has 7 nitrogen and oxygen atoms in total. The molecule has 29 heavy (non-hydrogen) atoms. The maximum atomic E-state index is 13.9. The Morgan fingerprint density at radius 3 is 2.45 bits per heavy atom. The first-order valence-corrected chi connectivity index (χ1v) is 10.0. The maximum Gasteiger partial charge on any atom is 0.319 e. The Morgan fingerprint density at radius 1 is 1.10 bits per heavy atom. The van der Waals surface area contributed by atoms with E-state index in [1.165, 1.54) is 43.5 Å². The molecule has 1 heterocycles. The standard InChI is InChI=1S/C20H18FN3O4S/c1-28-19-9-8-17(11-18(19)21)29(26,27)16-6-4-15(5-7-16)24-20(25)23-13-14-3-2-10-22-12-14/h2-12H,13H2,1H3,(H2,23,24,25). The second kappa shape index (κ2) is 8.70. The highest BCUT2D eigenvalue weighted by Crippen LogP contribution is 2.26. The van der Waals surface area contributed by atoms with Crippen molar-refractivity contribution < 1.29 is 22.3 Å². The minimum Gasteiger partial charge on any atom is -0.494 e. The van der Waals surface area contributed by atoms with E-state index in [9.17, 15) is 17.6 Å². The van der Waals surface area contributed by atoms with Gasteiger partial charge in [0.2, 0.25) is 9.84 Å². The molecule has 3 rings (SSSR count). The van der Waals surface area contributed by atoms with Crippen molar-refractivity contribution in [3.63, 3.8) is 0 Å². The number of pyridine rings is 1. The summed E-state index contributed by atoms with van der Waals surface area (Å²) in [7, 11) is -2.61. The molecule has 0 spiro atoms. The van der Waals surface area contributed by atoms with E-state index in [4.69, 9.17) is 4.74 Å². The molecule has 150 valence electrons. The van der Waals surface area contributed by atoms with Gasteiger partial charge < -0.3 is 15.4 Å². The Labute approximate surface area is 167 Å². The van der Waals surface area contributed by atoms with Crippen molar-refractivity contribution in [1.29, 1.82) is 0 Å². The Morgan fingerprint density at radius 2 is 1.83 bits per heavy atom. The number of hydrogen-bond acceptors (Lipinski definition) is 5. The van der Waals surface area contributed by atoms with Gasteiger partial charge in [0.15, 0.2) is 11.6 Å². The second-order valence-corrected chi connectivity index (χ2v) is 7.94. The average Bonchev–Trinajstić information content (AvgIpc) is 2.73. The highest BCUT2D eigenvalue weighted by Gasteiger charge is 2.19. The number of carbonyl (C=O) groups is 1. The fraction of sp³-hybridized carbons (Fsp3) is 0.100. The van der Waals surface area contributed by atoms with Gasteiger partial charge in [-0.25, -0.2) is 17.6 Å². The summed E-state index contributed by atoms with van der Waals surface area (Å²) in [4.78, 5) is 15.7. The number of ether oxygens (including phenoxy) is 1. The number of carbonyl (C=O) groups excluding carboxylic acids is 1. The van der Waals surface area contributed by atoms with Crippen LogP contribution in [-0.2, 0) is 16.4 Å². The van der Waals surface area contributed by atoms with E-state index in [0.717, 1.165) is 11.6 Å². The normalized spacial score (nSPS) is 11.0. The lowest BCUT2D eigenvalue weighted by atomic mass is 10.3. The molecule has 0 unspecified atom stereocenters. The summed E-state index contributed by atoms with van der Waals surface area (Å²) in [6, 6.07) is 12.2. The Kier molecular flexibility index (Phi) is 6.08. The van der Waals surface area contributed by atoms with E-state index < -0.39 is 21.7 Å². The lowest BCUT2D eigenvalue weighted by Crippen LogP contribution is -2.28. The molecule has 0 saturated heterocycles. The minimum absolute atomic E-state index is 0.0246. The van der Waals surface area contributed by atoms with Gasteiger partial charge in [-0.1, -0.05) is 6.07 Å². The van der Waals surface area contributed by atoms with Crippen molar-refractivity contribution in [3.8, 4) is 5.75 Å². The summed E-state index contributed by atoms with van der Waals surface area (Å²) < 4.78 is 44.0. The zero-order chi connectivity index (χ0) is 20.9. The van der Waals surface area contributed by atoms with Crippen LogP contribution in [0.15, 0.2) is 76.8 Å². The van der Waals surface area contributed by atoms with Crippen molar-refractivity contribution in [3.05, 3.63) is 78.4 Å². The topological polar surface area (TPSA) is 97.4 Å². The average molecular weight is 415 g/mol. The predicted octanol–water partition coefficient (Wildman–Crippen LogP) is 3.38. The number of hydrogen-bond donors (Lipinski definition) is 2. The van der Waals surface area contributed by atoms with Crippen molar-refractivity contribution in [2.75, 3.05) is 12.4 Å². The first kappa shape index (κ1) is 20.3. The van der Waals surface area contributed by atoms with E-state index in [-0.39, 0.29) is 15.5 Å². The largest absolute Gasteiger partial charge is 0.494 e. The Bertz CT molecular complexity index is 1100. The summed E-state index contributed by atoms with van der Waals surface area (Å²) in [5.74, 6) is -0.807. The van der Waals surface area contributed by atoms with Crippen LogP contribution in [0.25, 0.3) is 0 Å². The fourth-order valence-corrected chi connectivity index (χ4v) is 3.80. The number of aromatic nitrogens is 1. The molecular formula is C20H18FN3O4S. The van der Waals surface area contributed by atoms with Gasteiger partial charge >= 0.3 is 6.03 Å². The molecule has 2 amide bonds.